The number of rotatable bonds is 5. The number of benzene rings is 1. The molecule has 5 rings (SSSR count). The van der Waals surface area contributed by atoms with Crippen molar-refractivity contribution >= 4 is 40.6 Å². The maximum atomic E-state index is 12.0. The van der Waals surface area contributed by atoms with Crippen LogP contribution in [0.25, 0.3) is 0 Å². The molecular weight excluding hydrogens is 444 g/mol. The first-order valence-corrected chi connectivity index (χ1v) is 11.7. The zero-order chi connectivity index (χ0) is 24.5. The van der Waals surface area contributed by atoms with Gasteiger partial charge in [0.05, 0.1) is 17.6 Å². The molecule has 0 saturated carbocycles. The summed E-state index contributed by atoms with van der Waals surface area (Å²) in [5, 5.41) is 6.61. The molecule has 0 unspecified atom stereocenters. The fourth-order valence-electron chi connectivity index (χ4n) is 4.23. The van der Waals surface area contributed by atoms with Crippen molar-refractivity contribution in [3.63, 3.8) is 0 Å². The molecule has 2 aliphatic heterocycles. The zero-order valence-electron chi connectivity index (χ0n) is 20.5. The third-order valence-electron chi connectivity index (χ3n) is 6.39. The molecule has 0 aliphatic carbocycles. The molecule has 1 saturated heterocycles. The van der Waals surface area contributed by atoms with E-state index in [1.165, 1.54) is 0 Å². The fourth-order valence-corrected chi connectivity index (χ4v) is 4.23. The van der Waals surface area contributed by atoms with Crippen molar-refractivity contribution in [2.45, 2.75) is 13.8 Å². The minimum Gasteiger partial charge on any atom is -0.482 e. The number of carbonyl (C=O) groups excluding carboxylic acids is 1. The largest absolute Gasteiger partial charge is 0.482 e. The molecule has 3 aromatic rings. The maximum Gasteiger partial charge on any atom is 0.264 e. The summed E-state index contributed by atoms with van der Waals surface area (Å²) in [5.41, 5.74) is 4.36. The number of piperazine rings is 1. The number of carbonyl (C=O) groups is 1. The lowest BCUT2D eigenvalue weighted by Gasteiger charge is -2.34. The van der Waals surface area contributed by atoms with E-state index in [1.807, 2.05) is 31.3 Å². The number of aryl methyl sites for hydroxylation is 2. The quantitative estimate of drug-likeness (QED) is 0.578. The summed E-state index contributed by atoms with van der Waals surface area (Å²) in [7, 11) is 3.89. The first-order chi connectivity index (χ1) is 16.9. The van der Waals surface area contributed by atoms with Crippen LogP contribution in [0.15, 0.2) is 36.7 Å². The summed E-state index contributed by atoms with van der Waals surface area (Å²) in [6.07, 6.45) is 3.60. The molecule has 182 valence electrons. The van der Waals surface area contributed by atoms with Gasteiger partial charge in [-0.05, 0) is 50.7 Å². The van der Waals surface area contributed by atoms with Crippen molar-refractivity contribution in [3.8, 4) is 5.75 Å². The molecule has 0 spiro atoms. The monoisotopic (exact) mass is 474 g/mol. The van der Waals surface area contributed by atoms with Crippen LogP contribution < -0.4 is 25.2 Å². The molecule has 1 fully saturated rings. The molecule has 10 heteroatoms. The third-order valence-corrected chi connectivity index (χ3v) is 6.39. The van der Waals surface area contributed by atoms with Crippen LogP contribution >= 0.6 is 0 Å². The Morgan fingerprint density at radius 1 is 0.914 bits per heavy atom. The molecule has 0 bridgehead atoms. The fraction of sp³-hybridized carbons (Fsp3) is 0.360. The Bertz CT molecular complexity index is 1260. The van der Waals surface area contributed by atoms with Gasteiger partial charge in [0.15, 0.2) is 6.61 Å². The van der Waals surface area contributed by atoms with E-state index in [1.54, 1.807) is 18.1 Å². The number of likely N-dealkylation sites (N-methyl/N-ethyl adjacent to an activating group) is 2. The predicted molar refractivity (Wildman–Crippen MR) is 137 cm³/mol. The van der Waals surface area contributed by atoms with E-state index in [0.29, 0.717) is 17.5 Å². The molecule has 0 atom stereocenters. The SMILES string of the molecule is Cc1cnc(Nc2cnc(N3CCN(C)CC3)c(C)c2)nc1Nc1ccc2c(c1)N(C)C(=O)CO2. The van der Waals surface area contributed by atoms with E-state index < -0.39 is 0 Å². The van der Waals surface area contributed by atoms with Crippen LogP contribution in [0.3, 0.4) is 0 Å². The Hall–Kier alpha value is -3.92. The van der Waals surface area contributed by atoms with Crippen LogP contribution in [-0.2, 0) is 4.79 Å². The van der Waals surface area contributed by atoms with Gasteiger partial charge in [0, 0.05) is 50.7 Å². The zero-order valence-corrected chi connectivity index (χ0v) is 20.5. The number of amides is 1. The van der Waals surface area contributed by atoms with E-state index in [2.05, 4.69) is 50.4 Å². The number of nitrogens with zero attached hydrogens (tertiary/aromatic N) is 6. The number of aromatic nitrogens is 3. The Morgan fingerprint density at radius 2 is 1.71 bits per heavy atom. The minimum atomic E-state index is -0.0816. The van der Waals surface area contributed by atoms with Crippen molar-refractivity contribution in [2.75, 3.05) is 67.3 Å². The summed E-state index contributed by atoms with van der Waals surface area (Å²) >= 11 is 0. The second-order valence-corrected chi connectivity index (χ2v) is 9.05. The van der Waals surface area contributed by atoms with E-state index >= 15 is 0 Å². The van der Waals surface area contributed by atoms with Gasteiger partial charge in [-0.2, -0.15) is 4.98 Å². The molecule has 10 nitrogen and oxygen atoms in total. The molecule has 1 amide bonds. The summed E-state index contributed by atoms with van der Waals surface area (Å²) in [4.78, 5) is 32.1. The maximum absolute atomic E-state index is 12.0. The minimum absolute atomic E-state index is 0.0566. The number of nitrogens with one attached hydrogen (secondary N) is 2. The van der Waals surface area contributed by atoms with Gasteiger partial charge in [-0.25, -0.2) is 9.97 Å². The first-order valence-electron chi connectivity index (χ1n) is 11.7. The molecule has 2 aromatic heterocycles. The second kappa shape index (κ2) is 9.38. The average Bonchev–Trinajstić information content (AvgIpc) is 2.85. The lowest BCUT2D eigenvalue weighted by Crippen LogP contribution is -2.45. The summed E-state index contributed by atoms with van der Waals surface area (Å²) in [5.74, 6) is 2.77. The standard InChI is InChI=1S/C25H30N8O2/c1-16-11-19(14-26-24(16)33-9-7-31(3)8-10-33)29-25-27-13-17(2)23(30-25)28-18-5-6-21-20(12-18)32(4)22(34)15-35-21/h5-6,11-14H,7-10,15H2,1-4H3,(H2,27,28,29,30). The normalized spacial score (nSPS) is 16.1. The molecule has 1 aromatic carbocycles. The molecular formula is C25H30N8O2. The topological polar surface area (TPSA) is 98.8 Å². The van der Waals surface area contributed by atoms with Gasteiger partial charge in [-0.15, -0.1) is 0 Å². The predicted octanol–water partition coefficient (Wildman–Crippen LogP) is 3.08. The van der Waals surface area contributed by atoms with Crippen molar-refractivity contribution in [2.24, 2.45) is 0 Å². The highest BCUT2D eigenvalue weighted by Gasteiger charge is 2.22. The number of anilines is 6. The lowest BCUT2D eigenvalue weighted by atomic mass is 10.2. The van der Waals surface area contributed by atoms with Crippen LogP contribution in [0.4, 0.5) is 34.6 Å². The number of ether oxygens (including phenoxy) is 1. The third kappa shape index (κ3) is 4.83. The summed E-state index contributed by atoms with van der Waals surface area (Å²) in [6, 6.07) is 7.72. The van der Waals surface area contributed by atoms with Gasteiger partial charge < -0.3 is 30.1 Å². The highest BCUT2D eigenvalue weighted by Crippen LogP contribution is 2.34. The average molecular weight is 475 g/mol. The Labute approximate surface area is 204 Å². The molecule has 35 heavy (non-hydrogen) atoms. The van der Waals surface area contributed by atoms with Gasteiger partial charge in [0.25, 0.3) is 5.91 Å². The Balaban J connectivity index is 1.32. The van der Waals surface area contributed by atoms with E-state index in [-0.39, 0.29) is 12.5 Å². The molecule has 0 radical (unpaired) electrons. The van der Waals surface area contributed by atoms with Gasteiger partial charge in [0.2, 0.25) is 5.95 Å². The van der Waals surface area contributed by atoms with Crippen molar-refractivity contribution in [1.82, 2.24) is 19.9 Å². The van der Waals surface area contributed by atoms with Crippen LogP contribution in [-0.4, -0.2) is 72.6 Å². The lowest BCUT2D eigenvalue weighted by molar-refractivity contribution is -0.120. The van der Waals surface area contributed by atoms with Gasteiger partial charge >= 0.3 is 0 Å². The first kappa shape index (κ1) is 22.9. The summed E-state index contributed by atoms with van der Waals surface area (Å²) < 4.78 is 5.52. The van der Waals surface area contributed by atoms with Gasteiger partial charge in [-0.3, -0.25) is 4.79 Å². The van der Waals surface area contributed by atoms with Gasteiger partial charge in [-0.1, -0.05) is 0 Å². The highest BCUT2D eigenvalue weighted by atomic mass is 16.5. The van der Waals surface area contributed by atoms with Gasteiger partial charge in [0.1, 0.15) is 17.4 Å². The number of pyridine rings is 1. The van der Waals surface area contributed by atoms with Crippen LogP contribution in [0.5, 0.6) is 5.75 Å². The second-order valence-electron chi connectivity index (χ2n) is 9.05. The smallest absolute Gasteiger partial charge is 0.264 e. The van der Waals surface area contributed by atoms with E-state index in [9.17, 15) is 4.79 Å². The Morgan fingerprint density at radius 3 is 2.49 bits per heavy atom. The molecule has 2 N–H and O–H groups in total. The molecule has 4 heterocycles. The van der Waals surface area contributed by atoms with Crippen molar-refractivity contribution in [3.05, 3.63) is 47.8 Å². The number of fused-ring (bicyclic) bond motifs is 1. The van der Waals surface area contributed by atoms with Crippen LogP contribution in [0.1, 0.15) is 11.1 Å². The van der Waals surface area contributed by atoms with E-state index in [4.69, 9.17) is 9.72 Å². The van der Waals surface area contributed by atoms with Crippen molar-refractivity contribution < 1.29 is 9.53 Å². The number of hydrogen-bond acceptors (Lipinski definition) is 9. The van der Waals surface area contributed by atoms with Crippen LogP contribution in [0, 0.1) is 13.8 Å². The molecule has 2 aliphatic rings. The highest BCUT2D eigenvalue weighted by molar-refractivity contribution is 5.98. The Kier molecular flexibility index (Phi) is 6.12. The summed E-state index contributed by atoms with van der Waals surface area (Å²) in [6.45, 7) is 8.12. The van der Waals surface area contributed by atoms with Crippen LogP contribution in [0.2, 0.25) is 0 Å². The van der Waals surface area contributed by atoms with Crippen molar-refractivity contribution in [1.29, 1.82) is 0 Å². The number of hydrogen-bond donors (Lipinski definition) is 2. The van der Waals surface area contributed by atoms with E-state index in [0.717, 1.165) is 60.2 Å².